The molecule has 0 aromatic heterocycles. The summed E-state index contributed by atoms with van der Waals surface area (Å²) in [5.41, 5.74) is 4.90. The number of benzene rings is 2. The molecule has 0 radical (unpaired) electrons. The fourth-order valence-electron chi connectivity index (χ4n) is 2.19. The van der Waals surface area contributed by atoms with E-state index in [0.717, 1.165) is 0 Å². The minimum atomic E-state index is 1.19. The molecule has 0 atom stereocenters. The van der Waals surface area contributed by atoms with E-state index in [-0.39, 0.29) is 0 Å². The number of allylic oxidation sites excluding steroid dienone is 7. The summed E-state index contributed by atoms with van der Waals surface area (Å²) < 4.78 is 0. The number of hydrogen-bond donors (Lipinski definition) is 0. The van der Waals surface area contributed by atoms with E-state index < -0.39 is 0 Å². The smallest absolute Gasteiger partial charge is 0.0227 e. The van der Waals surface area contributed by atoms with Crippen LogP contribution in [0.25, 0.3) is 11.6 Å². The molecule has 0 unspecified atom stereocenters. The Balaban J connectivity index is 2.34. The first-order chi connectivity index (χ1) is 10.8. The van der Waals surface area contributed by atoms with Crippen LogP contribution in [0.15, 0.2) is 96.6 Å². The van der Waals surface area contributed by atoms with E-state index >= 15 is 0 Å². The fourth-order valence-corrected chi connectivity index (χ4v) is 2.19. The Kier molecular flexibility index (Phi) is 6.19. The van der Waals surface area contributed by atoms with Crippen LogP contribution in [0.2, 0.25) is 0 Å². The summed E-state index contributed by atoms with van der Waals surface area (Å²) in [5, 5.41) is 0. The first kappa shape index (κ1) is 15.8. The quantitative estimate of drug-likeness (QED) is 0.565. The second-order valence-corrected chi connectivity index (χ2v) is 5.13. The SMILES string of the molecule is CC=CC=CC(=Cc1ccccc1)C=C(C)c1ccccc1. The van der Waals surface area contributed by atoms with E-state index in [1.165, 1.54) is 22.3 Å². The van der Waals surface area contributed by atoms with Crippen molar-refractivity contribution in [3.63, 3.8) is 0 Å². The maximum atomic E-state index is 2.22. The lowest BCUT2D eigenvalue weighted by atomic mass is 10.0. The van der Waals surface area contributed by atoms with Gasteiger partial charge in [-0.15, -0.1) is 0 Å². The largest absolute Gasteiger partial charge is 0.0877 e. The molecule has 0 nitrogen and oxygen atoms in total. The molecule has 0 aliphatic rings. The standard InChI is InChI=1S/C22H22/c1-3-4-7-14-21(18-20-12-8-5-9-13-20)17-19(2)22-15-10-6-11-16-22/h3-18H,1-2H3. The van der Waals surface area contributed by atoms with Gasteiger partial charge in [-0.2, -0.15) is 0 Å². The maximum absolute atomic E-state index is 2.22. The molecular formula is C22H22. The molecule has 0 bridgehead atoms. The number of rotatable bonds is 5. The van der Waals surface area contributed by atoms with Gasteiger partial charge in [-0.3, -0.25) is 0 Å². The molecule has 2 rings (SSSR count). The van der Waals surface area contributed by atoms with E-state index in [0.29, 0.717) is 0 Å². The maximum Gasteiger partial charge on any atom is -0.0227 e. The highest BCUT2D eigenvalue weighted by Gasteiger charge is 1.96. The Morgan fingerprint density at radius 2 is 1.45 bits per heavy atom. The molecule has 2 aromatic rings. The van der Waals surface area contributed by atoms with Gasteiger partial charge in [-0.25, -0.2) is 0 Å². The van der Waals surface area contributed by atoms with Gasteiger partial charge in [0.25, 0.3) is 0 Å². The van der Waals surface area contributed by atoms with E-state index in [1.807, 2.05) is 31.2 Å². The minimum Gasteiger partial charge on any atom is -0.0877 e. The van der Waals surface area contributed by atoms with Gasteiger partial charge in [0, 0.05) is 0 Å². The van der Waals surface area contributed by atoms with Gasteiger partial charge in [-0.05, 0) is 42.2 Å². The summed E-state index contributed by atoms with van der Waals surface area (Å²) in [5.74, 6) is 0. The van der Waals surface area contributed by atoms with Crippen LogP contribution in [0.3, 0.4) is 0 Å². The Morgan fingerprint density at radius 1 is 0.818 bits per heavy atom. The first-order valence-electron chi connectivity index (χ1n) is 7.59. The lowest BCUT2D eigenvalue weighted by molar-refractivity contribution is 1.55. The average Bonchev–Trinajstić information content (AvgIpc) is 2.56. The second-order valence-electron chi connectivity index (χ2n) is 5.13. The molecule has 110 valence electrons. The van der Waals surface area contributed by atoms with Gasteiger partial charge in [0.2, 0.25) is 0 Å². The van der Waals surface area contributed by atoms with Crippen LogP contribution in [0.1, 0.15) is 25.0 Å². The van der Waals surface area contributed by atoms with Crippen molar-refractivity contribution in [2.75, 3.05) is 0 Å². The van der Waals surface area contributed by atoms with Gasteiger partial charge in [0.15, 0.2) is 0 Å². The molecule has 0 fully saturated rings. The van der Waals surface area contributed by atoms with Gasteiger partial charge >= 0.3 is 0 Å². The van der Waals surface area contributed by atoms with Gasteiger partial charge in [0.1, 0.15) is 0 Å². The zero-order valence-corrected chi connectivity index (χ0v) is 13.2. The summed E-state index contributed by atoms with van der Waals surface area (Å²) in [7, 11) is 0. The zero-order valence-electron chi connectivity index (χ0n) is 13.2. The molecule has 0 N–H and O–H groups in total. The van der Waals surface area contributed by atoms with Gasteiger partial charge in [0.05, 0.1) is 0 Å². The average molecular weight is 286 g/mol. The van der Waals surface area contributed by atoms with Crippen LogP contribution in [0.4, 0.5) is 0 Å². The topological polar surface area (TPSA) is 0 Å². The molecule has 0 saturated heterocycles. The molecule has 0 aliphatic carbocycles. The van der Waals surface area contributed by atoms with E-state index in [4.69, 9.17) is 0 Å². The van der Waals surface area contributed by atoms with Crippen molar-refractivity contribution in [1.82, 2.24) is 0 Å². The molecule has 0 heterocycles. The van der Waals surface area contributed by atoms with Crippen molar-refractivity contribution in [2.24, 2.45) is 0 Å². The van der Waals surface area contributed by atoms with Crippen LogP contribution in [-0.4, -0.2) is 0 Å². The van der Waals surface area contributed by atoms with Crippen LogP contribution in [-0.2, 0) is 0 Å². The monoisotopic (exact) mass is 286 g/mol. The minimum absolute atomic E-state index is 1.19. The highest BCUT2D eigenvalue weighted by atomic mass is 14.0. The van der Waals surface area contributed by atoms with Crippen LogP contribution in [0, 0.1) is 0 Å². The summed E-state index contributed by atoms with van der Waals surface area (Å²) in [6, 6.07) is 20.9. The summed E-state index contributed by atoms with van der Waals surface area (Å²) in [6.45, 7) is 4.17. The molecule has 0 spiro atoms. The first-order valence-corrected chi connectivity index (χ1v) is 7.59. The van der Waals surface area contributed by atoms with Crippen LogP contribution < -0.4 is 0 Å². The summed E-state index contributed by atoms with van der Waals surface area (Å²) in [6.07, 6.45) is 12.7. The van der Waals surface area contributed by atoms with Crippen molar-refractivity contribution in [3.8, 4) is 0 Å². The van der Waals surface area contributed by atoms with Crippen LogP contribution in [0.5, 0.6) is 0 Å². The molecular weight excluding hydrogens is 264 g/mol. The molecule has 0 saturated carbocycles. The van der Waals surface area contributed by atoms with Crippen molar-refractivity contribution >= 4 is 11.6 Å². The molecule has 2 aromatic carbocycles. The Labute approximate surface area is 133 Å². The van der Waals surface area contributed by atoms with Gasteiger partial charge < -0.3 is 0 Å². The zero-order chi connectivity index (χ0) is 15.6. The molecule has 0 aliphatic heterocycles. The Bertz CT molecular complexity index is 683. The lowest BCUT2D eigenvalue weighted by Gasteiger charge is -2.03. The van der Waals surface area contributed by atoms with Crippen molar-refractivity contribution in [2.45, 2.75) is 13.8 Å². The summed E-state index contributed by atoms with van der Waals surface area (Å²) >= 11 is 0. The van der Waals surface area contributed by atoms with E-state index in [9.17, 15) is 0 Å². The van der Waals surface area contributed by atoms with Crippen molar-refractivity contribution in [1.29, 1.82) is 0 Å². The van der Waals surface area contributed by atoms with E-state index in [1.54, 1.807) is 0 Å². The van der Waals surface area contributed by atoms with Crippen molar-refractivity contribution < 1.29 is 0 Å². The lowest BCUT2D eigenvalue weighted by Crippen LogP contribution is -1.81. The Morgan fingerprint density at radius 3 is 2.09 bits per heavy atom. The number of hydrogen-bond acceptors (Lipinski definition) is 0. The van der Waals surface area contributed by atoms with Crippen molar-refractivity contribution in [3.05, 3.63) is 108 Å². The molecule has 0 heteroatoms. The van der Waals surface area contributed by atoms with Crippen LogP contribution >= 0.6 is 0 Å². The highest BCUT2D eigenvalue weighted by Crippen LogP contribution is 2.18. The third-order valence-corrected chi connectivity index (χ3v) is 3.34. The third kappa shape index (κ3) is 5.06. The van der Waals surface area contributed by atoms with E-state index in [2.05, 4.69) is 79.8 Å². The second kappa shape index (κ2) is 8.63. The third-order valence-electron chi connectivity index (χ3n) is 3.34. The summed E-state index contributed by atoms with van der Waals surface area (Å²) in [4.78, 5) is 0. The Hall–Kier alpha value is -2.60. The van der Waals surface area contributed by atoms with Gasteiger partial charge in [-0.1, -0.05) is 91.0 Å². The molecule has 0 amide bonds. The normalized spacial score (nSPS) is 13.2. The predicted octanol–water partition coefficient (Wildman–Crippen LogP) is 6.31. The molecule has 22 heavy (non-hydrogen) atoms. The highest BCUT2D eigenvalue weighted by molar-refractivity contribution is 5.71. The fraction of sp³-hybridized carbons (Fsp3) is 0.0909. The predicted molar refractivity (Wildman–Crippen MR) is 98.5 cm³/mol.